The Morgan fingerprint density at radius 3 is 2.74 bits per heavy atom. The molecule has 0 aliphatic rings. The van der Waals surface area contributed by atoms with Gasteiger partial charge >= 0.3 is 0 Å². The second kappa shape index (κ2) is 6.06. The summed E-state index contributed by atoms with van der Waals surface area (Å²) < 4.78 is 14.1. The molecule has 0 aliphatic heterocycles. The van der Waals surface area contributed by atoms with Gasteiger partial charge in [0.25, 0.3) is 0 Å². The minimum atomic E-state index is -0.235. The first-order valence-corrected chi connectivity index (χ1v) is 7.93. The van der Waals surface area contributed by atoms with Crippen molar-refractivity contribution in [3.05, 3.63) is 49.9 Å². The molecule has 1 N–H and O–H groups in total. The molecule has 0 radical (unpaired) electrons. The topological polar surface area (TPSA) is 12.0 Å². The molecule has 1 unspecified atom stereocenters. The summed E-state index contributed by atoms with van der Waals surface area (Å²) in [5.41, 5.74) is 1.88. The molecule has 0 amide bonds. The summed E-state index contributed by atoms with van der Waals surface area (Å²) >= 11 is 5.01. The number of thiophene rings is 1. The summed E-state index contributed by atoms with van der Waals surface area (Å²) in [5, 5.41) is 3.38. The highest BCUT2D eigenvalue weighted by Gasteiger charge is 2.11. The summed E-state index contributed by atoms with van der Waals surface area (Å²) in [5.74, 6) is -0.235. The van der Waals surface area contributed by atoms with E-state index < -0.39 is 0 Å². The number of benzene rings is 1. The lowest BCUT2D eigenvalue weighted by molar-refractivity contribution is 0.620. The number of nitrogens with one attached hydrogen (secondary N) is 1. The van der Waals surface area contributed by atoms with Crippen LogP contribution in [-0.4, -0.2) is 0 Å². The van der Waals surface area contributed by atoms with Crippen LogP contribution in [0, 0.1) is 12.7 Å². The molecule has 19 heavy (non-hydrogen) atoms. The quantitative estimate of drug-likeness (QED) is 0.752. The average molecular weight is 342 g/mol. The van der Waals surface area contributed by atoms with Gasteiger partial charge in [-0.3, -0.25) is 0 Å². The average Bonchev–Trinajstić information content (AvgIpc) is 2.84. The zero-order chi connectivity index (χ0) is 14.0. The minimum Gasteiger partial charge on any atom is -0.377 e. The largest absolute Gasteiger partial charge is 0.377 e. The van der Waals surface area contributed by atoms with Crippen molar-refractivity contribution in [2.45, 2.75) is 33.2 Å². The molecule has 0 aliphatic carbocycles. The molecule has 0 saturated carbocycles. The third-order valence-corrected chi connectivity index (χ3v) is 5.12. The van der Waals surface area contributed by atoms with E-state index in [1.807, 2.05) is 18.3 Å². The standard InChI is InChI=1S/C15H17BrFNS/c1-4-11-5-6-15(19-11)10(3)18-14-8-13(17)12(16)7-9(14)2/h5-8,10,18H,4H2,1-3H3. The molecule has 4 heteroatoms. The summed E-state index contributed by atoms with van der Waals surface area (Å²) in [7, 11) is 0. The Labute approximate surface area is 126 Å². The lowest BCUT2D eigenvalue weighted by Gasteiger charge is -2.16. The van der Waals surface area contributed by atoms with Gasteiger partial charge in [-0.1, -0.05) is 6.92 Å². The van der Waals surface area contributed by atoms with Crippen LogP contribution in [0.4, 0.5) is 10.1 Å². The highest BCUT2D eigenvalue weighted by molar-refractivity contribution is 9.10. The van der Waals surface area contributed by atoms with Gasteiger partial charge in [-0.2, -0.15) is 0 Å². The van der Waals surface area contributed by atoms with Crippen LogP contribution in [-0.2, 0) is 6.42 Å². The fourth-order valence-electron chi connectivity index (χ4n) is 1.92. The number of hydrogen-bond donors (Lipinski definition) is 1. The van der Waals surface area contributed by atoms with Crippen LogP contribution < -0.4 is 5.32 Å². The smallest absolute Gasteiger partial charge is 0.139 e. The molecule has 1 atom stereocenters. The lowest BCUT2D eigenvalue weighted by atomic mass is 10.1. The lowest BCUT2D eigenvalue weighted by Crippen LogP contribution is -2.06. The Bertz CT molecular complexity index is 580. The van der Waals surface area contributed by atoms with Gasteiger partial charge in [0, 0.05) is 15.4 Å². The third-order valence-electron chi connectivity index (χ3n) is 3.10. The van der Waals surface area contributed by atoms with E-state index in [4.69, 9.17) is 0 Å². The molecule has 2 rings (SSSR count). The number of anilines is 1. The summed E-state index contributed by atoms with van der Waals surface area (Å²) in [6, 6.07) is 7.84. The van der Waals surface area contributed by atoms with Crippen LogP contribution >= 0.6 is 27.3 Å². The molecule has 1 heterocycles. The molecule has 102 valence electrons. The van der Waals surface area contributed by atoms with Crippen molar-refractivity contribution in [3.63, 3.8) is 0 Å². The molecule has 1 aromatic carbocycles. The Morgan fingerprint density at radius 1 is 1.37 bits per heavy atom. The normalized spacial score (nSPS) is 12.5. The van der Waals surface area contributed by atoms with E-state index in [0.717, 1.165) is 17.7 Å². The van der Waals surface area contributed by atoms with Crippen LogP contribution in [0.5, 0.6) is 0 Å². The van der Waals surface area contributed by atoms with E-state index in [1.54, 1.807) is 12.1 Å². The maximum absolute atomic E-state index is 13.6. The molecular formula is C15H17BrFNS. The van der Waals surface area contributed by atoms with Crippen molar-refractivity contribution >= 4 is 33.0 Å². The third kappa shape index (κ3) is 3.37. The van der Waals surface area contributed by atoms with E-state index in [2.05, 4.69) is 47.2 Å². The summed E-state index contributed by atoms with van der Waals surface area (Å²) in [6.07, 6.45) is 1.06. The van der Waals surface area contributed by atoms with Gasteiger partial charge in [0.05, 0.1) is 10.5 Å². The van der Waals surface area contributed by atoms with Crippen molar-refractivity contribution in [2.24, 2.45) is 0 Å². The zero-order valence-corrected chi connectivity index (χ0v) is 13.7. The first-order chi connectivity index (χ1) is 9.01. The van der Waals surface area contributed by atoms with E-state index >= 15 is 0 Å². The van der Waals surface area contributed by atoms with Crippen LogP contribution in [0.3, 0.4) is 0 Å². The molecule has 1 aromatic heterocycles. The predicted octanol–water partition coefficient (Wildman–Crippen LogP) is 5.69. The minimum absolute atomic E-state index is 0.185. The first kappa shape index (κ1) is 14.5. The zero-order valence-electron chi connectivity index (χ0n) is 11.3. The predicted molar refractivity (Wildman–Crippen MR) is 84.6 cm³/mol. The highest BCUT2D eigenvalue weighted by atomic mass is 79.9. The number of rotatable bonds is 4. The summed E-state index contributed by atoms with van der Waals surface area (Å²) in [4.78, 5) is 2.65. The van der Waals surface area contributed by atoms with Gasteiger partial charge in [-0.25, -0.2) is 4.39 Å². The Morgan fingerprint density at radius 2 is 2.11 bits per heavy atom. The second-order valence-electron chi connectivity index (χ2n) is 4.60. The van der Waals surface area contributed by atoms with Gasteiger partial charge in [-0.15, -0.1) is 11.3 Å². The first-order valence-electron chi connectivity index (χ1n) is 6.32. The molecule has 0 spiro atoms. The van der Waals surface area contributed by atoms with Gasteiger partial charge < -0.3 is 5.32 Å². The van der Waals surface area contributed by atoms with Gasteiger partial charge in [0.2, 0.25) is 0 Å². The maximum Gasteiger partial charge on any atom is 0.139 e. The second-order valence-corrected chi connectivity index (χ2v) is 6.66. The molecular weight excluding hydrogens is 325 g/mol. The van der Waals surface area contributed by atoms with E-state index in [9.17, 15) is 4.39 Å². The van der Waals surface area contributed by atoms with Gasteiger partial charge in [0.15, 0.2) is 0 Å². The Kier molecular flexibility index (Phi) is 4.63. The van der Waals surface area contributed by atoms with Crippen LogP contribution in [0.2, 0.25) is 0 Å². The van der Waals surface area contributed by atoms with Gasteiger partial charge in [-0.05, 0) is 66.0 Å². The van der Waals surface area contributed by atoms with Crippen molar-refractivity contribution in [1.29, 1.82) is 0 Å². The number of halogens is 2. The monoisotopic (exact) mass is 341 g/mol. The number of hydrogen-bond acceptors (Lipinski definition) is 2. The molecule has 1 nitrogen and oxygen atoms in total. The Balaban J connectivity index is 2.18. The van der Waals surface area contributed by atoms with E-state index in [1.165, 1.54) is 9.75 Å². The Hall–Kier alpha value is -0.870. The molecule has 2 aromatic rings. The molecule has 0 saturated heterocycles. The van der Waals surface area contributed by atoms with E-state index in [-0.39, 0.29) is 11.9 Å². The van der Waals surface area contributed by atoms with Crippen molar-refractivity contribution < 1.29 is 4.39 Å². The van der Waals surface area contributed by atoms with Crippen LogP contribution in [0.1, 0.15) is 35.2 Å². The van der Waals surface area contributed by atoms with Crippen molar-refractivity contribution in [1.82, 2.24) is 0 Å². The fraction of sp³-hybridized carbons (Fsp3) is 0.333. The maximum atomic E-state index is 13.6. The molecule has 0 bridgehead atoms. The van der Waals surface area contributed by atoms with E-state index in [0.29, 0.717) is 4.47 Å². The number of aryl methyl sites for hydroxylation is 2. The molecule has 0 fully saturated rings. The van der Waals surface area contributed by atoms with Gasteiger partial charge in [0.1, 0.15) is 5.82 Å². The summed E-state index contributed by atoms with van der Waals surface area (Å²) in [6.45, 7) is 6.23. The fourth-order valence-corrected chi connectivity index (χ4v) is 3.34. The van der Waals surface area contributed by atoms with Crippen LogP contribution in [0.25, 0.3) is 0 Å². The highest BCUT2D eigenvalue weighted by Crippen LogP contribution is 2.30. The SMILES string of the molecule is CCc1ccc(C(C)Nc2cc(F)c(Br)cc2C)s1. The van der Waals surface area contributed by atoms with Crippen molar-refractivity contribution in [3.8, 4) is 0 Å². The van der Waals surface area contributed by atoms with Crippen molar-refractivity contribution in [2.75, 3.05) is 5.32 Å². The van der Waals surface area contributed by atoms with Crippen LogP contribution in [0.15, 0.2) is 28.7 Å².